The lowest BCUT2D eigenvalue weighted by Gasteiger charge is -2.31. The Morgan fingerprint density at radius 3 is 2.45 bits per heavy atom. The van der Waals surface area contributed by atoms with Gasteiger partial charge in [0.2, 0.25) is 10.0 Å². The molecule has 0 radical (unpaired) electrons. The van der Waals surface area contributed by atoms with Gasteiger partial charge >= 0.3 is 0 Å². The molecule has 1 atom stereocenters. The number of hydrogen-bond donors (Lipinski definition) is 2. The highest BCUT2D eigenvalue weighted by atomic mass is 35.5. The van der Waals surface area contributed by atoms with Gasteiger partial charge in [0.05, 0.1) is 10.9 Å². The van der Waals surface area contributed by atoms with Gasteiger partial charge in [-0.15, -0.1) is 0 Å². The smallest absolute Gasteiger partial charge is 0.251 e. The fraction of sp³-hybridized carbons (Fsp3) is 0.435. The van der Waals surface area contributed by atoms with Crippen molar-refractivity contribution < 1.29 is 13.2 Å². The molecule has 0 saturated heterocycles. The standard InChI is InChI=1S/C23H30ClN3O3S/c1-4-27(5-2)22(19-8-6-7-9-21(19)24)15-25-23(28)20-14-18(13-10-16(20)3)31(29,30)26-17-11-12-17/h6-10,13-14,17,22,26H,4-5,11-12,15H2,1-3H3,(H,25,28). The Morgan fingerprint density at radius 1 is 1.16 bits per heavy atom. The molecule has 3 rings (SSSR count). The molecule has 8 heteroatoms. The molecule has 0 bridgehead atoms. The van der Waals surface area contributed by atoms with E-state index < -0.39 is 10.0 Å². The summed E-state index contributed by atoms with van der Waals surface area (Å²) in [6.07, 6.45) is 1.71. The molecule has 1 aliphatic carbocycles. The molecule has 6 nitrogen and oxygen atoms in total. The van der Waals surface area contributed by atoms with E-state index in [2.05, 4.69) is 28.8 Å². The number of aryl methyl sites for hydroxylation is 1. The second kappa shape index (κ2) is 10.1. The summed E-state index contributed by atoms with van der Waals surface area (Å²) >= 11 is 6.44. The second-order valence-corrected chi connectivity index (χ2v) is 9.96. The Labute approximate surface area is 190 Å². The molecule has 1 aliphatic rings. The summed E-state index contributed by atoms with van der Waals surface area (Å²) < 4.78 is 27.8. The van der Waals surface area contributed by atoms with Crippen LogP contribution in [0.5, 0.6) is 0 Å². The first-order chi connectivity index (χ1) is 14.8. The number of nitrogens with zero attached hydrogens (tertiary/aromatic N) is 1. The Morgan fingerprint density at radius 2 is 1.84 bits per heavy atom. The molecule has 168 valence electrons. The number of carbonyl (C=O) groups excluding carboxylic acids is 1. The molecule has 1 amide bonds. The van der Waals surface area contributed by atoms with Gasteiger partial charge in [-0.05, 0) is 62.2 Å². The fourth-order valence-corrected chi connectivity index (χ4v) is 5.22. The highest BCUT2D eigenvalue weighted by Gasteiger charge is 2.29. The monoisotopic (exact) mass is 463 g/mol. The van der Waals surface area contributed by atoms with Crippen LogP contribution in [0.2, 0.25) is 5.02 Å². The maximum Gasteiger partial charge on any atom is 0.251 e. The number of carbonyl (C=O) groups is 1. The lowest BCUT2D eigenvalue weighted by atomic mass is 10.0. The quantitative estimate of drug-likeness (QED) is 0.560. The molecule has 1 saturated carbocycles. The summed E-state index contributed by atoms with van der Waals surface area (Å²) in [5.74, 6) is -0.301. The van der Waals surface area contributed by atoms with Gasteiger partial charge in [-0.25, -0.2) is 13.1 Å². The first-order valence-electron chi connectivity index (χ1n) is 10.7. The third kappa shape index (κ3) is 5.86. The maximum atomic E-state index is 13.0. The lowest BCUT2D eigenvalue weighted by molar-refractivity contribution is 0.0934. The minimum Gasteiger partial charge on any atom is -0.350 e. The van der Waals surface area contributed by atoms with E-state index in [0.717, 1.165) is 37.1 Å². The van der Waals surface area contributed by atoms with Crippen LogP contribution in [0.25, 0.3) is 0 Å². The van der Waals surface area contributed by atoms with Crippen LogP contribution in [0.4, 0.5) is 0 Å². The van der Waals surface area contributed by atoms with E-state index in [-0.39, 0.29) is 22.9 Å². The number of sulfonamides is 1. The minimum absolute atomic E-state index is 0.00836. The first-order valence-corrected chi connectivity index (χ1v) is 12.5. The summed E-state index contributed by atoms with van der Waals surface area (Å²) in [6.45, 7) is 7.92. The molecule has 1 fully saturated rings. The van der Waals surface area contributed by atoms with Gasteiger partial charge in [0.15, 0.2) is 0 Å². The number of likely N-dealkylation sites (N-methyl/N-ethyl adjacent to an activating group) is 1. The van der Waals surface area contributed by atoms with Gasteiger partial charge in [0.1, 0.15) is 0 Å². The van der Waals surface area contributed by atoms with Gasteiger partial charge < -0.3 is 5.32 Å². The Balaban J connectivity index is 1.81. The van der Waals surface area contributed by atoms with Crippen LogP contribution in [0.15, 0.2) is 47.4 Å². The predicted molar refractivity (Wildman–Crippen MR) is 124 cm³/mol. The van der Waals surface area contributed by atoms with E-state index in [1.54, 1.807) is 19.1 Å². The Hall–Kier alpha value is -1.93. The molecule has 1 unspecified atom stereocenters. The zero-order valence-corrected chi connectivity index (χ0v) is 19.8. The van der Waals surface area contributed by atoms with Crippen molar-refractivity contribution in [3.63, 3.8) is 0 Å². The lowest BCUT2D eigenvalue weighted by Crippen LogP contribution is -2.38. The predicted octanol–water partition coefficient (Wildman–Crippen LogP) is 3.90. The van der Waals surface area contributed by atoms with Crippen LogP contribution in [-0.4, -0.2) is 44.9 Å². The number of nitrogens with one attached hydrogen (secondary N) is 2. The van der Waals surface area contributed by atoms with Crippen LogP contribution in [0.3, 0.4) is 0 Å². The van der Waals surface area contributed by atoms with Crippen molar-refractivity contribution in [2.24, 2.45) is 0 Å². The average Bonchev–Trinajstić information content (AvgIpc) is 3.55. The van der Waals surface area contributed by atoms with Crippen molar-refractivity contribution >= 4 is 27.5 Å². The van der Waals surface area contributed by atoms with E-state index in [1.807, 2.05) is 24.3 Å². The molecule has 2 aromatic rings. The van der Waals surface area contributed by atoms with E-state index in [4.69, 9.17) is 11.6 Å². The summed E-state index contributed by atoms with van der Waals surface area (Å²) in [4.78, 5) is 15.4. The molecule has 31 heavy (non-hydrogen) atoms. The third-order valence-electron chi connectivity index (χ3n) is 5.64. The zero-order valence-electron chi connectivity index (χ0n) is 18.2. The molecule has 0 aromatic heterocycles. The number of amides is 1. The van der Waals surface area contributed by atoms with Crippen molar-refractivity contribution in [1.82, 2.24) is 14.9 Å². The molecular formula is C23H30ClN3O3S. The average molecular weight is 464 g/mol. The largest absolute Gasteiger partial charge is 0.350 e. The number of benzene rings is 2. The molecular weight excluding hydrogens is 434 g/mol. The minimum atomic E-state index is -3.63. The topological polar surface area (TPSA) is 78.5 Å². The van der Waals surface area contributed by atoms with Gasteiger partial charge in [0.25, 0.3) is 5.91 Å². The van der Waals surface area contributed by atoms with Crippen LogP contribution in [-0.2, 0) is 10.0 Å². The van der Waals surface area contributed by atoms with E-state index in [0.29, 0.717) is 17.1 Å². The van der Waals surface area contributed by atoms with Gasteiger partial charge in [-0.3, -0.25) is 9.69 Å². The second-order valence-electron chi connectivity index (χ2n) is 7.84. The Bertz CT molecular complexity index is 1030. The molecule has 2 aromatic carbocycles. The summed E-state index contributed by atoms with van der Waals surface area (Å²) in [7, 11) is -3.63. The SMILES string of the molecule is CCN(CC)C(CNC(=O)c1cc(S(=O)(=O)NC2CC2)ccc1C)c1ccccc1Cl. The Kier molecular flexibility index (Phi) is 7.75. The summed E-state index contributed by atoms with van der Waals surface area (Å²) in [5.41, 5.74) is 2.03. The highest BCUT2D eigenvalue weighted by molar-refractivity contribution is 7.89. The van der Waals surface area contributed by atoms with Crippen LogP contribution >= 0.6 is 11.6 Å². The van der Waals surface area contributed by atoms with Crippen molar-refractivity contribution in [1.29, 1.82) is 0 Å². The maximum absolute atomic E-state index is 13.0. The van der Waals surface area contributed by atoms with E-state index >= 15 is 0 Å². The van der Waals surface area contributed by atoms with Crippen molar-refractivity contribution in [2.45, 2.75) is 50.6 Å². The van der Waals surface area contributed by atoms with Crippen molar-refractivity contribution in [3.05, 3.63) is 64.2 Å². The van der Waals surface area contributed by atoms with Gasteiger partial charge in [-0.2, -0.15) is 0 Å². The molecule has 0 spiro atoms. The van der Waals surface area contributed by atoms with Crippen molar-refractivity contribution in [2.75, 3.05) is 19.6 Å². The highest BCUT2D eigenvalue weighted by Crippen LogP contribution is 2.27. The van der Waals surface area contributed by atoms with Gasteiger partial charge in [-0.1, -0.05) is 49.7 Å². The first kappa shape index (κ1) is 23.7. The van der Waals surface area contributed by atoms with Crippen molar-refractivity contribution in [3.8, 4) is 0 Å². The van der Waals surface area contributed by atoms with E-state index in [1.165, 1.54) is 6.07 Å². The zero-order chi connectivity index (χ0) is 22.6. The fourth-order valence-electron chi connectivity index (χ4n) is 3.63. The van der Waals surface area contributed by atoms with Crippen LogP contribution in [0, 0.1) is 6.92 Å². The van der Waals surface area contributed by atoms with Crippen LogP contribution in [0.1, 0.15) is 54.2 Å². The number of hydrogen-bond acceptors (Lipinski definition) is 4. The van der Waals surface area contributed by atoms with Crippen LogP contribution < -0.4 is 10.0 Å². The van der Waals surface area contributed by atoms with E-state index in [9.17, 15) is 13.2 Å². The normalized spacial score (nSPS) is 15.1. The molecule has 2 N–H and O–H groups in total. The summed E-state index contributed by atoms with van der Waals surface area (Å²) in [5, 5.41) is 3.65. The summed E-state index contributed by atoms with van der Waals surface area (Å²) in [6, 6.07) is 12.2. The third-order valence-corrected chi connectivity index (χ3v) is 7.50. The number of rotatable bonds is 10. The number of halogens is 1. The van der Waals surface area contributed by atoms with Gasteiger partial charge in [0, 0.05) is 23.2 Å². The molecule has 0 aliphatic heterocycles. The molecule has 0 heterocycles.